The molecule has 0 radical (unpaired) electrons. The molecule has 1 unspecified atom stereocenters. The van der Waals surface area contributed by atoms with Gasteiger partial charge < -0.3 is 10.6 Å². The number of carbonyl (C=O) groups excluding carboxylic acids is 2. The van der Waals surface area contributed by atoms with Gasteiger partial charge in [-0.1, -0.05) is 53.8 Å². The third-order valence-corrected chi connectivity index (χ3v) is 6.97. The second-order valence-electron chi connectivity index (χ2n) is 8.34. The van der Waals surface area contributed by atoms with Crippen LogP contribution in [0.15, 0.2) is 54.6 Å². The molecule has 1 saturated heterocycles. The number of hydrogen-bond donors (Lipinski definition) is 2. The largest absolute Gasteiger partial charge is 0.416 e. The predicted octanol–water partition coefficient (Wildman–Crippen LogP) is 4.69. The molecule has 0 saturated carbocycles. The summed E-state index contributed by atoms with van der Waals surface area (Å²) >= 11 is 1.18. The van der Waals surface area contributed by atoms with E-state index in [2.05, 4.69) is 15.6 Å². The van der Waals surface area contributed by atoms with Gasteiger partial charge in [0.1, 0.15) is 4.88 Å². The Kier molecular flexibility index (Phi) is 7.51. The third-order valence-electron chi connectivity index (χ3n) is 5.79. The van der Waals surface area contributed by atoms with Gasteiger partial charge in [-0.2, -0.15) is 13.2 Å². The zero-order valence-electron chi connectivity index (χ0n) is 19.1. The number of aromatic nitrogens is 1. The van der Waals surface area contributed by atoms with E-state index in [9.17, 15) is 22.8 Å². The molecule has 6 nitrogen and oxygen atoms in total. The van der Waals surface area contributed by atoms with E-state index < -0.39 is 17.8 Å². The first kappa shape index (κ1) is 24.9. The molecule has 2 N–H and O–H groups in total. The van der Waals surface area contributed by atoms with Gasteiger partial charge in [-0.3, -0.25) is 14.5 Å². The van der Waals surface area contributed by atoms with Crippen LogP contribution in [-0.2, 0) is 24.1 Å². The minimum Gasteiger partial charge on any atom is -0.347 e. The van der Waals surface area contributed by atoms with E-state index in [1.54, 1.807) is 11.8 Å². The molecule has 0 bridgehead atoms. The summed E-state index contributed by atoms with van der Waals surface area (Å²) in [6, 6.07) is 14.0. The lowest BCUT2D eigenvalue weighted by Gasteiger charge is -2.31. The summed E-state index contributed by atoms with van der Waals surface area (Å²) in [5, 5.41) is 6.51. The smallest absolute Gasteiger partial charge is 0.347 e. The van der Waals surface area contributed by atoms with Gasteiger partial charge in [0.05, 0.1) is 17.3 Å². The number of amides is 2. The number of halogens is 3. The lowest BCUT2D eigenvalue weighted by Crippen LogP contribution is -2.50. The van der Waals surface area contributed by atoms with Gasteiger partial charge in [-0.25, -0.2) is 4.98 Å². The third kappa shape index (κ3) is 6.07. The maximum Gasteiger partial charge on any atom is 0.416 e. The molecule has 184 valence electrons. The Morgan fingerprint density at radius 3 is 2.46 bits per heavy atom. The SMILES string of the molecule is Cc1nc(N2CCCC(NCc3ccc(C(F)(F)F)cc3)C2=O)sc1C(=O)NCc1ccccc1. The number of anilines is 1. The van der Waals surface area contributed by atoms with Crippen LogP contribution in [0.2, 0.25) is 0 Å². The van der Waals surface area contributed by atoms with Crippen LogP contribution in [-0.4, -0.2) is 29.4 Å². The fraction of sp³-hybridized carbons (Fsp3) is 0.320. The number of alkyl halides is 3. The first-order valence-corrected chi connectivity index (χ1v) is 12.0. The molecule has 1 aliphatic heterocycles. The van der Waals surface area contributed by atoms with E-state index in [-0.39, 0.29) is 18.4 Å². The van der Waals surface area contributed by atoms with Crippen LogP contribution in [0, 0.1) is 6.92 Å². The Morgan fingerprint density at radius 1 is 1.09 bits per heavy atom. The molecular formula is C25H25F3N4O2S. The van der Waals surface area contributed by atoms with Gasteiger partial charge in [0.15, 0.2) is 5.13 Å². The molecule has 1 atom stereocenters. The molecule has 4 rings (SSSR count). The van der Waals surface area contributed by atoms with Crippen LogP contribution in [0.1, 0.15) is 44.9 Å². The highest BCUT2D eigenvalue weighted by Gasteiger charge is 2.32. The summed E-state index contributed by atoms with van der Waals surface area (Å²) in [4.78, 5) is 32.3. The van der Waals surface area contributed by atoms with Crippen molar-refractivity contribution in [2.45, 2.75) is 45.1 Å². The van der Waals surface area contributed by atoms with Gasteiger partial charge in [0.2, 0.25) is 5.91 Å². The molecule has 0 spiro atoms. The van der Waals surface area contributed by atoms with Crippen molar-refractivity contribution in [1.82, 2.24) is 15.6 Å². The number of piperidine rings is 1. The van der Waals surface area contributed by atoms with Crippen LogP contribution in [0.25, 0.3) is 0 Å². The highest BCUT2D eigenvalue weighted by atomic mass is 32.1. The Hall–Kier alpha value is -3.24. The summed E-state index contributed by atoms with van der Waals surface area (Å²) in [5.74, 6) is -0.398. The van der Waals surface area contributed by atoms with Crippen LogP contribution >= 0.6 is 11.3 Å². The van der Waals surface area contributed by atoms with E-state index in [0.717, 1.165) is 24.1 Å². The first-order valence-electron chi connectivity index (χ1n) is 11.2. The summed E-state index contributed by atoms with van der Waals surface area (Å²) in [6.07, 6.45) is -3.02. The van der Waals surface area contributed by atoms with Gasteiger partial charge in [0.25, 0.3) is 5.91 Å². The van der Waals surface area contributed by atoms with Crippen LogP contribution in [0.5, 0.6) is 0 Å². The van der Waals surface area contributed by atoms with E-state index in [1.165, 1.54) is 23.5 Å². The number of aryl methyl sites for hydroxylation is 1. The molecule has 2 amide bonds. The molecule has 10 heteroatoms. The average molecular weight is 503 g/mol. The summed E-state index contributed by atoms with van der Waals surface area (Å²) in [5.41, 5.74) is 1.49. The molecule has 2 aromatic carbocycles. The standard InChI is InChI=1S/C25H25F3N4O2S/c1-16-21(22(33)30-15-17-6-3-2-4-7-17)35-24(31-16)32-13-5-8-20(23(32)34)29-14-18-9-11-19(12-10-18)25(26,27)28/h2-4,6-7,9-12,20,29H,5,8,13-15H2,1H3,(H,30,33). The Bertz CT molecular complexity index is 1180. The number of rotatable bonds is 7. The molecule has 3 aromatic rings. The molecule has 1 aliphatic rings. The zero-order chi connectivity index (χ0) is 25.0. The number of benzene rings is 2. The maximum atomic E-state index is 13.1. The second-order valence-corrected chi connectivity index (χ2v) is 9.32. The zero-order valence-corrected chi connectivity index (χ0v) is 19.9. The Morgan fingerprint density at radius 2 is 1.77 bits per heavy atom. The van der Waals surface area contributed by atoms with Crippen molar-refractivity contribution in [3.8, 4) is 0 Å². The van der Waals surface area contributed by atoms with Crippen molar-refractivity contribution in [2.24, 2.45) is 0 Å². The summed E-state index contributed by atoms with van der Waals surface area (Å²) in [7, 11) is 0. The van der Waals surface area contributed by atoms with Crippen LogP contribution in [0.3, 0.4) is 0 Å². The number of carbonyl (C=O) groups is 2. The molecular weight excluding hydrogens is 477 g/mol. The van der Waals surface area contributed by atoms with Crippen molar-refractivity contribution in [1.29, 1.82) is 0 Å². The molecule has 35 heavy (non-hydrogen) atoms. The molecule has 2 heterocycles. The topological polar surface area (TPSA) is 74.3 Å². The lowest BCUT2D eigenvalue weighted by molar-refractivity contribution is -0.137. The predicted molar refractivity (Wildman–Crippen MR) is 128 cm³/mol. The first-order chi connectivity index (χ1) is 16.7. The molecule has 1 aromatic heterocycles. The highest BCUT2D eigenvalue weighted by molar-refractivity contribution is 7.17. The van der Waals surface area contributed by atoms with E-state index in [1.807, 2.05) is 30.3 Å². The van der Waals surface area contributed by atoms with Gasteiger partial charge in [0, 0.05) is 19.6 Å². The van der Waals surface area contributed by atoms with E-state index in [0.29, 0.717) is 40.8 Å². The lowest BCUT2D eigenvalue weighted by atomic mass is 10.0. The second kappa shape index (κ2) is 10.6. The summed E-state index contributed by atoms with van der Waals surface area (Å²) in [6.45, 7) is 2.90. The minimum absolute atomic E-state index is 0.159. The number of nitrogens with one attached hydrogen (secondary N) is 2. The summed E-state index contributed by atoms with van der Waals surface area (Å²) < 4.78 is 38.3. The van der Waals surface area contributed by atoms with Crippen molar-refractivity contribution in [2.75, 3.05) is 11.4 Å². The molecule has 1 fully saturated rings. The van der Waals surface area contributed by atoms with Crippen molar-refractivity contribution in [3.05, 3.63) is 81.9 Å². The Labute approximate surface area is 205 Å². The fourth-order valence-corrected chi connectivity index (χ4v) is 4.89. The van der Waals surface area contributed by atoms with Crippen molar-refractivity contribution < 1.29 is 22.8 Å². The fourth-order valence-electron chi connectivity index (χ4n) is 3.87. The van der Waals surface area contributed by atoms with E-state index in [4.69, 9.17) is 0 Å². The van der Waals surface area contributed by atoms with Gasteiger partial charge in [-0.05, 0) is 43.0 Å². The number of nitrogens with zero attached hydrogens (tertiary/aromatic N) is 2. The number of hydrogen-bond acceptors (Lipinski definition) is 5. The van der Waals surface area contributed by atoms with Crippen molar-refractivity contribution >= 4 is 28.3 Å². The van der Waals surface area contributed by atoms with Crippen molar-refractivity contribution in [3.63, 3.8) is 0 Å². The van der Waals surface area contributed by atoms with Crippen LogP contribution < -0.4 is 15.5 Å². The monoisotopic (exact) mass is 502 g/mol. The normalized spacial score (nSPS) is 16.4. The van der Waals surface area contributed by atoms with E-state index >= 15 is 0 Å². The van der Waals surface area contributed by atoms with Gasteiger partial charge in [-0.15, -0.1) is 0 Å². The average Bonchev–Trinajstić information content (AvgIpc) is 3.23. The highest BCUT2D eigenvalue weighted by Crippen LogP contribution is 2.30. The minimum atomic E-state index is -4.38. The van der Waals surface area contributed by atoms with Crippen LogP contribution in [0.4, 0.5) is 18.3 Å². The Balaban J connectivity index is 1.37. The van der Waals surface area contributed by atoms with Gasteiger partial charge >= 0.3 is 6.18 Å². The maximum absolute atomic E-state index is 13.1. The quantitative estimate of drug-likeness (QED) is 0.492. The number of thiazole rings is 1. The molecule has 0 aliphatic carbocycles.